The number of carbonyl (C=O) groups excluding carboxylic acids is 1. The van der Waals surface area contributed by atoms with E-state index >= 15 is 0 Å². The molecule has 0 radical (unpaired) electrons. The number of aliphatic imine (C=N–C) groups is 1. The van der Waals surface area contributed by atoms with Crippen molar-refractivity contribution in [3.05, 3.63) is 0 Å². The number of nitrogens with two attached hydrogens (primary N) is 1. The van der Waals surface area contributed by atoms with Gasteiger partial charge in [-0.15, -0.1) is 0 Å². The second-order valence-electron chi connectivity index (χ2n) is 5.07. The molecule has 2 heterocycles. The highest BCUT2D eigenvalue weighted by Gasteiger charge is 2.58. The molecule has 2 aliphatic rings. The highest BCUT2D eigenvalue weighted by atomic mass is 32.2. The highest BCUT2D eigenvalue weighted by Crippen LogP contribution is 2.48. The minimum atomic E-state index is -0.359. The van der Waals surface area contributed by atoms with Crippen molar-refractivity contribution in [2.24, 2.45) is 16.1 Å². The van der Waals surface area contributed by atoms with Gasteiger partial charge < -0.3 is 10.6 Å². The predicted molar refractivity (Wildman–Crippen MR) is 67.9 cm³/mol. The summed E-state index contributed by atoms with van der Waals surface area (Å²) in [5.74, 6) is 2.51. The average Bonchev–Trinajstić information content (AvgIpc) is 2.44. The minimum Gasteiger partial charge on any atom is -0.385 e. The second kappa shape index (κ2) is 3.65. The Balaban J connectivity index is 2.48. The van der Waals surface area contributed by atoms with Crippen molar-refractivity contribution in [3.8, 4) is 0 Å². The third-order valence-electron chi connectivity index (χ3n) is 3.95. The molecule has 2 rings (SSSR count). The van der Waals surface area contributed by atoms with Crippen LogP contribution < -0.4 is 5.73 Å². The fourth-order valence-corrected chi connectivity index (χ4v) is 4.56. The summed E-state index contributed by atoms with van der Waals surface area (Å²) in [6.07, 6.45) is 1.07. The molecule has 1 saturated heterocycles. The number of thioether (sulfide) groups is 1. The fraction of sp³-hybridized carbons (Fsp3) is 0.818. The van der Waals surface area contributed by atoms with E-state index in [9.17, 15) is 4.79 Å². The first-order chi connectivity index (χ1) is 7.45. The van der Waals surface area contributed by atoms with Crippen LogP contribution in [0.25, 0.3) is 0 Å². The quantitative estimate of drug-likeness (QED) is 0.760. The maximum Gasteiger partial charge on any atom is 0.346 e. The summed E-state index contributed by atoms with van der Waals surface area (Å²) in [6, 6.07) is -0.171. The molecule has 90 valence electrons. The Hall–Kier alpha value is -0.710. The molecule has 1 unspecified atom stereocenters. The van der Waals surface area contributed by atoms with Gasteiger partial charge in [0.2, 0.25) is 0 Å². The maximum absolute atomic E-state index is 11.8. The summed E-state index contributed by atoms with van der Waals surface area (Å²) in [5.41, 5.74) is 5.70. The molecule has 5 heteroatoms. The zero-order valence-electron chi connectivity index (χ0n) is 10.1. The topological polar surface area (TPSA) is 58.7 Å². The Morgan fingerprint density at radius 3 is 2.81 bits per heavy atom. The van der Waals surface area contributed by atoms with Crippen molar-refractivity contribution >= 4 is 23.6 Å². The molecule has 2 aliphatic heterocycles. The van der Waals surface area contributed by atoms with Gasteiger partial charge in [0, 0.05) is 12.3 Å². The van der Waals surface area contributed by atoms with Crippen molar-refractivity contribution in [3.63, 3.8) is 0 Å². The lowest BCUT2D eigenvalue weighted by molar-refractivity contribution is 0.0915. The van der Waals surface area contributed by atoms with E-state index in [1.165, 1.54) is 0 Å². The van der Waals surface area contributed by atoms with E-state index in [1.807, 2.05) is 23.6 Å². The first kappa shape index (κ1) is 11.8. The molecule has 1 spiro atoms. The molecule has 0 aliphatic carbocycles. The minimum absolute atomic E-state index is 0.00794. The van der Waals surface area contributed by atoms with Gasteiger partial charge >= 0.3 is 6.03 Å². The molecule has 1 atom stereocenters. The zero-order valence-corrected chi connectivity index (χ0v) is 10.9. The first-order valence-electron chi connectivity index (χ1n) is 5.70. The van der Waals surface area contributed by atoms with Crippen molar-refractivity contribution in [1.82, 2.24) is 4.90 Å². The molecule has 16 heavy (non-hydrogen) atoms. The fourth-order valence-electron chi connectivity index (χ4n) is 2.78. The van der Waals surface area contributed by atoms with E-state index in [4.69, 9.17) is 5.73 Å². The molecule has 0 saturated carbocycles. The number of nitrogens with zero attached hydrogens (tertiary/aromatic N) is 2. The van der Waals surface area contributed by atoms with E-state index in [0.717, 1.165) is 17.9 Å². The van der Waals surface area contributed by atoms with Crippen LogP contribution in [0.4, 0.5) is 4.79 Å². The molecule has 4 nitrogen and oxygen atoms in total. The third kappa shape index (κ3) is 1.30. The largest absolute Gasteiger partial charge is 0.385 e. The number of carbonyl (C=O) groups is 1. The number of likely N-dealkylation sites (N-methyl/N-ethyl adjacent to an activating group) is 1. The zero-order chi connectivity index (χ0) is 12.0. The summed E-state index contributed by atoms with van der Waals surface area (Å²) >= 11 is 1.86. The lowest BCUT2D eigenvalue weighted by atomic mass is 9.69. The normalized spacial score (nSPS) is 33.3. The molecule has 0 aromatic heterocycles. The van der Waals surface area contributed by atoms with Crippen molar-refractivity contribution in [2.45, 2.75) is 32.7 Å². The van der Waals surface area contributed by atoms with Crippen LogP contribution in [0.5, 0.6) is 0 Å². The van der Waals surface area contributed by atoms with Gasteiger partial charge in [-0.25, -0.2) is 4.79 Å². The monoisotopic (exact) mass is 241 g/mol. The van der Waals surface area contributed by atoms with Gasteiger partial charge in [0.05, 0.1) is 0 Å². The highest BCUT2D eigenvalue weighted by molar-refractivity contribution is 7.99. The van der Waals surface area contributed by atoms with Gasteiger partial charge in [-0.2, -0.15) is 16.8 Å². The summed E-state index contributed by atoms with van der Waals surface area (Å²) < 4.78 is 0. The lowest BCUT2D eigenvalue weighted by Gasteiger charge is -2.51. The van der Waals surface area contributed by atoms with Crippen molar-refractivity contribution in [2.75, 3.05) is 18.1 Å². The molecule has 0 bridgehead atoms. The van der Waals surface area contributed by atoms with E-state index < -0.39 is 0 Å². The molecule has 2 amide bonds. The standard InChI is InChI=1S/C11H19N3OS/c1-4-14-9(15)13-8(12)11(14)7-16-6-5-10(11,2)3/h4-7H2,1-3H3,(H2,12,13,15). The number of hydrogen-bond donors (Lipinski definition) is 1. The van der Waals surface area contributed by atoms with Gasteiger partial charge in [-0.1, -0.05) is 13.8 Å². The summed E-state index contributed by atoms with van der Waals surface area (Å²) in [6.45, 7) is 7.04. The van der Waals surface area contributed by atoms with Crippen LogP contribution in [0, 0.1) is 5.41 Å². The van der Waals surface area contributed by atoms with Gasteiger partial charge in [-0.05, 0) is 24.5 Å². The Labute approximate surface area is 101 Å². The molecular weight excluding hydrogens is 222 g/mol. The third-order valence-corrected chi connectivity index (χ3v) is 5.06. The smallest absolute Gasteiger partial charge is 0.346 e. The van der Waals surface area contributed by atoms with Gasteiger partial charge in [0.25, 0.3) is 0 Å². The number of amidine groups is 1. The van der Waals surface area contributed by atoms with Crippen LogP contribution in [0.3, 0.4) is 0 Å². The number of hydrogen-bond acceptors (Lipinski definition) is 3. The van der Waals surface area contributed by atoms with E-state index in [0.29, 0.717) is 12.4 Å². The SMILES string of the molecule is CCN1C(=O)N=C(N)C12CSCCC2(C)C. The van der Waals surface area contributed by atoms with E-state index in [1.54, 1.807) is 0 Å². The second-order valence-corrected chi connectivity index (χ2v) is 6.18. The first-order valence-corrected chi connectivity index (χ1v) is 6.85. The molecular formula is C11H19N3OS. The Morgan fingerprint density at radius 2 is 2.25 bits per heavy atom. The van der Waals surface area contributed by atoms with Gasteiger partial charge in [0.1, 0.15) is 11.4 Å². The van der Waals surface area contributed by atoms with Crippen LogP contribution in [0.2, 0.25) is 0 Å². The summed E-state index contributed by atoms with van der Waals surface area (Å²) in [5, 5.41) is 0. The van der Waals surface area contributed by atoms with Gasteiger partial charge in [0.15, 0.2) is 0 Å². The van der Waals surface area contributed by atoms with Gasteiger partial charge in [-0.3, -0.25) is 0 Å². The van der Waals surface area contributed by atoms with E-state index in [2.05, 4.69) is 18.8 Å². The Morgan fingerprint density at radius 1 is 1.56 bits per heavy atom. The number of urea groups is 1. The summed E-state index contributed by atoms with van der Waals surface area (Å²) in [7, 11) is 0. The predicted octanol–water partition coefficient (Wildman–Crippen LogP) is 1.70. The Bertz CT molecular complexity index is 353. The maximum atomic E-state index is 11.8. The molecule has 0 aromatic rings. The van der Waals surface area contributed by atoms with Crippen LogP contribution in [0.15, 0.2) is 4.99 Å². The van der Waals surface area contributed by atoms with Crippen molar-refractivity contribution < 1.29 is 4.79 Å². The van der Waals surface area contributed by atoms with Crippen LogP contribution in [-0.2, 0) is 0 Å². The van der Waals surface area contributed by atoms with Crippen LogP contribution in [0.1, 0.15) is 27.2 Å². The number of amides is 2. The Kier molecular flexibility index (Phi) is 2.69. The van der Waals surface area contributed by atoms with Crippen LogP contribution in [-0.4, -0.2) is 40.4 Å². The summed E-state index contributed by atoms with van der Waals surface area (Å²) in [4.78, 5) is 17.6. The van der Waals surface area contributed by atoms with Crippen molar-refractivity contribution in [1.29, 1.82) is 0 Å². The van der Waals surface area contributed by atoms with Crippen LogP contribution >= 0.6 is 11.8 Å². The molecule has 1 fully saturated rings. The average molecular weight is 241 g/mol. The number of rotatable bonds is 1. The van der Waals surface area contributed by atoms with E-state index in [-0.39, 0.29) is 17.0 Å². The molecule has 0 aromatic carbocycles. The molecule has 2 N–H and O–H groups in total. The lowest BCUT2D eigenvalue weighted by Crippen LogP contribution is -2.66.